The number of nitrogens with one attached hydrogen (secondary N) is 1. The number of alkyl halides is 2. The molecule has 14 heteroatoms. The summed E-state index contributed by atoms with van der Waals surface area (Å²) in [4.78, 5) is 40.8. The Morgan fingerprint density at radius 3 is 2.51 bits per heavy atom. The molecular formula is C21H25F2N5O6S. The molecule has 1 amide bonds. The Labute approximate surface area is 198 Å². The second-order valence-corrected chi connectivity index (χ2v) is 9.87. The molecule has 0 aliphatic rings. The fraction of sp³-hybridized carbons (Fsp3) is 0.429. The van der Waals surface area contributed by atoms with E-state index in [-0.39, 0.29) is 43.9 Å². The van der Waals surface area contributed by atoms with Crippen molar-refractivity contribution in [3.63, 3.8) is 0 Å². The summed E-state index contributed by atoms with van der Waals surface area (Å²) in [5.41, 5.74) is -3.00. The number of fused-ring (bicyclic) bond motifs is 1. The van der Waals surface area contributed by atoms with Crippen molar-refractivity contribution in [1.82, 2.24) is 19.4 Å². The monoisotopic (exact) mass is 513 g/mol. The number of hydrogen-bond acceptors (Lipinski definition) is 7. The van der Waals surface area contributed by atoms with Crippen LogP contribution >= 0.6 is 0 Å². The van der Waals surface area contributed by atoms with Gasteiger partial charge >= 0.3 is 11.8 Å². The molecule has 2 heterocycles. The van der Waals surface area contributed by atoms with Crippen LogP contribution in [-0.4, -0.2) is 46.8 Å². The Kier molecular flexibility index (Phi) is 7.43. The van der Waals surface area contributed by atoms with Gasteiger partial charge in [-0.25, -0.2) is 26.8 Å². The van der Waals surface area contributed by atoms with Crippen molar-refractivity contribution < 1.29 is 26.7 Å². The van der Waals surface area contributed by atoms with Crippen LogP contribution in [0.2, 0.25) is 0 Å². The Balaban J connectivity index is 2.32. The van der Waals surface area contributed by atoms with E-state index in [9.17, 15) is 31.6 Å². The first kappa shape index (κ1) is 26.1. The number of hydrogen-bond donors (Lipinski definition) is 1. The number of carbonyl (C=O) groups is 1. The van der Waals surface area contributed by atoms with Crippen molar-refractivity contribution in [2.45, 2.75) is 46.1 Å². The molecule has 0 radical (unpaired) electrons. The minimum Gasteiger partial charge on any atom is -0.447 e. The summed E-state index contributed by atoms with van der Waals surface area (Å²) in [5.74, 6) is 0. The molecular weight excluding hydrogens is 488 g/mol. The molecule has 1 aromatic carbocycles. The summed E-state index contributed by atoms with van der Waals surface area (Å²) in [6.07, 6.45) is -1.30. The second kappa shape index (κ2) is 9.98. The van der Waals surface area contributed by atoms with Gasteiger partial charge in [-0.15, -0.1) is 4.68 Å². The first-order valence-electron chi connectivity index (χ1n) is 10.7. The number of benzene rings is 1. The maximum absolute atomic E-state index is 13.9. The van der Waals surface area contributed by atoms with Crippen LogP contribution in [0.1, 0.15) is 51.6 Å². The third-order valence-corrected chi connectivity index (χ3v) is 6.03. The Morgan fingerprint density at radius 2 is 1.94 bits per heavy atom. The number of rotatable bonds is 8. The van der Waals surface area contributed by atoms with Crippen molar-refractivity contribution in [1.29, 1.82) is 0 Å². The molecule has 2 aromatic heterocycles. The lowest BCUT2D eigenvalue weighted by molar-refractivity contribution is 0.150. The zero-order valence-corrected chi connectivity index (χ0v) is 20.3. The van der Waals surface area contributed by atoms with Crippen LogP contribution in [-0.2, 0) is 14.8 Å². The molecule has 1 N–H and O–H groups in total. The van der Waals surface area contributed by atoms with Gasteiger partial charge in [0.25, 0.3) is 22.0 Å². The van der Waals surface area contributed by atoms with Gasteiger partial charge in [-0.05, 0) is 38.5 Å². The van der Waals surface area contributed by atoms with Gasteiger partial charge in [-0.1, -0.05) is 17.8 Å². The van der Waals surface area contributed by atoms with E-state index in [0.717, 1.165) is 12.1 Å². The fourth-order valence-electron chi connectivity index (χ4n) is 3.50. The highest BCUT2D eigenvalue weighted by Crippen LogP contribution is 2.34. The molecule has 0 bridgehead atoms. The molecule has 0 saturated heterocycles. The van der Waals surface area contributed by atoms with E-state index in [1.54, 1.807) is 13.8 Å². The molecule has 0 spiro atoms. The topological polar surface area (TPSA) is 136 Å². The number of aromatic amines is 1. The highest BCUT2D eigenvalue weighted by molar-refractivity contribution is 7.92. The van der Waals surface area contributed by atoms with Crippen LogP contribution < -0.4 is 15.7 Å². The number of H-pyrrole nitrogens is 1. The molecule has 190 valence electrons. The first-order chi connectivity index (χ1) is 16.4. The van der Waals surface area contributed by atoms with Crippen LogP contribution in [0.15, 0.2) is 34.0 Å². The molecule has 11 nitrogen and oxygen atoms in total. The van der Waals surface area contributed by atoms with Gasteiger partial charge < -0.3 is 9.72 Å². The number of sulfonamides is 1. The van der Waals surface area contributed by atoms with Crippen molar-refractivity contribution in [3.8, 4) is 11.3 Å². The van der Waals surface area contributed by atoms with E-state index in [4.69, 9.17) is 4.74 Å². The molecule has 0 fully saturated rings. The summed E-state index contributed by atoms with van der Waals surface area (Å²) in [7, 11) is -4.49. The second-order valence-electron chi connectivity index (χ2n) is 8.06. The van der Waals surface area contributed by atoms with Gasteiger partial charge in [-0.2, -0.15) is 5.10 Å². The third-order valence-electron chi connectivity index (χ3n) is 5.09. The number of halogens is 2. The van der Waals surface area contributed by atoms with E-state index < -0.39 is 39.4 Å². The molecule has 0 atom stereocenters. The summed E-state index contributed by atoms with van der Waals surface area (Å²) in [6, 6.07) is 3.35. The quantitative estimate of drug-likeness (QED) is 0.457. The number of ether oxygens (including phenoxy) is 1. The lowest BCUT2D eigenvalue weighted by Gasteiger charge is -2.21. The molecule has 3 rings (SSSR count). The van der Waals surface area contributed by atoms with E-state index in [1.807, 2.05) is 6.92 Å². The van der Waals surface area contributed by atoms with Crippen LogP contribution in [0.4, 0.5) is 13.6 Å². The minimum absolute atomic E-state index is 0.0363. The Hall–Kier alpha value is -3.55. The molecule has 0 aliphatic heterocycles. The first-order valence-corrected chi connectivity index (χ1v) is 12.6. The molecule has 3 aromatic rings. The van der Waals surface area contributed by atoms with Gasteiger partial charge in [-0.3, -0.25) is 9.48 Å². The van der Waals surface area contributed by atoms with Crippen LogP contribution in [0.25, 0.3) is 22.2 Å². The Bertz CT molecular complexity index is 1480. The zero-order chi connectivity index (χ0) is 26.1. The summed E-state index contributed by atoms with van der Waals surface area (Å²) >= 11 is 0. The molecule has 35 heavy (non-hydrogen) atoms. The van der Waals surface area contributed by atoms with Crippen molar-refractivity contribution in [3.05, 3.63) is 50.8 Å². The van der Waals surface area contributed by atoms with E-state index >= 15 is 0 Å². The SMILES string of the molecule is CCCCOC(=O)N(n1c(=O)[nH]c2cc(C(F)F)c(-c3ccnn3C(C)C)cc2c1=O)S(C)(=O)=O. The average Bonchev–Trinajstić information content (AvgIpc) is 3.25. The molecule has 0 unspecified atom stereocenters. The normalized spacial score (nSPS) is 12.0. The van der Waals surface area contributed by atoms with Gasteiger partial charge in [0, 0.05) is 23.4 Å². The van der Waals surface area contributed by atoms with E-state index in [1.165, 1.54) is 16.9 Å². The molecule has 0 aliphatic carbocycles. The van der Waals surface area contributed by atoms with Crippen LogP contribution in [0.5, 0.6) is 0 Å². The van der Waals surface area contributed by atoms with Gasteiger partial charge in [0.2, 0.25) is 0 Å². The maximum Gasteiger partial charge on any atom is 0.444 e. The fourth-order valence-corrected chi connectivity index (χ4v) is 4.27. The number of aromatic nitrogens is 4. The highest BCUT2D eigenvalue weighted by Gasteiger charge is 2.31. The van der Waals surface area contributed by atoms with Crippen molar-refractivity contribution >= 4 is 27.0 Å². The Morgan fingerprint density at radius 1 is 1.26 bits per heavy atom. The smallest absolute Gasteiger partial charge is 0.444 e. The summed E-state index contributed by atoms with van der Waals surface area (Å²) in [5, 5.41) is 3.83. The third kappa shape index (κ3) is 5.11. The van der Waals surface area contributed by atoms with E-state index in [0.29, 0.717) is 19.1 Å². The summed E-state index contributed by atoms with van der Waals surface area (Å²) < 4.78 is 59.0. The van der Waals surface area contributed by atoms with Gasteiger partial charge in [0.1, 0.15) is 0 Å². The van der Waals surface area contributed by atoms with Gasteiger partial charge in [0.15, 0.2) is 0 Å². The number of nitrogens with zero attached hydrogens (tertiary/aromatic N) is 4. The van der Waals surface area contributed by atoms with Crippen LogP contribution in [0.3, 0.4) is 0 Å². The predicted octanol–water partition coefficient (Wildman–Crippen LogP) is 2.91. The average molecular weight is 514 g/mol. The van der Waals surface area contributed by atoms with Crippen molar-refractivity contribution in [2.24, 2.45) is 0 Å². The number of unbranched alkanes of at least 4 members (excludes halogenated alkanes) is 1. The number of carbonyl (C=O) groups excluding carboxylic acids is 1. The van der Waals surface area contributed by atoms with Crippen LogP contribution in [0, 0.1) is 0 Å². The maximum atomic E-state index is 13.9. The number of amides is 1. The zero-order valence-electron chi connectivity index (χ0n) is 19.5. The van der Waals surface area contributed by atoms with Gasteiger partial charge in [0.05, 0.1) is 29.5 Å². The largest absolute Gasteiger partial charge is 0.447 e. The lowest BCUT2D eigenvalue weighted by atomic mass is 10.0. The predicted molar refractivity (Wildman–Crippen MR) is 125 cm³/mol. The summed E-state index contributed by atoms with van der Waals surface area (Å²) in [6.45, 7) is 5.26. The highest BCUT2D eigenvalue weighted by atomic mass is 32.2. The standard InChI is InChI=1S/C21H25F2N5O6S/c1-5-6-9-34-21(31)28(35(4,32)33)27-19(29)15-10-13(17-7-8-24-26(17)12(2)3)14(18(22)23)11-16(15)25-20(27)30/h7-8,10-12,18H,5-6,9H2,1-4H3,(H,25,30). The lowest BCUT2D eigenvalue weighted by Crippen LogP contribution is -2.56. The van der Waals surface area contributed by atoms with Crippen molar-refractivity contribution in [2.75, 3.05) is 17.3 Å². The molecule has 0 saturated carbocycles. The van der Waals surface area contributed by atoms with E-state index in [2.05, 4.69) is 10.1 Å². The minimum atomic E-state index is -4.49.